The van der Waals surface area contributed by atoms with Crippen LogP contribution in [-0.2, 0) is 20.1 Å². The molecule has 0 bridgehead atoms. The van der Waals surface area contributed by atoms with Gasteiger partial charge in [0.2, 0.25) is 0 Å². The molecule has 3 heterocycles. The molecule has 1 radical (unpaired) electrons. The molecule has 0 saturated heterocycles. The molecule has 3 aromatic heterocycles. The SMILES string of the molecule is [Ir].[c-]1ccccc1-c1nnc(-c2ccccc2)c2cc3ccccc3cc12.c1ccc(-c2ccnc3c2ccc2c(-c4ccccc4)ccnc23)cc1. The van der Waals surface area contributed by atoms with Crippen molar-refractivity contribution >= 4 is 43.4 Å². The second-order valence-corrected chi connectivity index (χ2v) is 12.6. The molecule has 7 aromatic carbocycles. The fraction of sp³-hybridized carbons (Fsp3) is 0. The van der Waals surface area contributed by atoms with Crippen LogP contribution < -0.4 is 0 Å². The van der Waals surface area contributed by atoms with Gasteiger partial charge in [-0.1, -0.05) is 133 Å². The van der Waals surface area contributed by atoms with Crippen LogP contribution in [0.2, 0.25) is 0 Å². The Morgan fingerprint density at radius 2 is 0.830 bits per heavy atom. The Kier molecular flexibility index (Phi) is 9.59. The molecule has 4 nitrogen and oxygen atoms in total. The maximum absolute atomic E-state index is 4.67. The molecular formula is C48H31IrN4-. The third-order valence-corrected chi connectivity index (χ3v) is 9.45. The first-order valence-electron chi connectivity index (χ1n) is 17.3. The number of benzene rings is 7. The Morgan fingerprint density at radius 1 is 0.377 bits per heavy atom. The summed E-state index contributed by atoms with van der Waals surface area (Å²) in [5.41, 5.74) is 10.5. The molecule has 0 unspecified atom stereocenters. The van der Waals surface area contributed by atoms with Gasteiger partial charge in [-0.25, -0.2) is 0 Å². The first-order chi connectivity index (χ1) is 25.8. The predicted molar refractivity (Wildman–Crippen MR) is 215 cm³/mol. The Bertz CT molecular complexity index is 2630. The van der Waals surface area contributed by atoms with E-state index in [4.69, 9.17) is 0 Å². The zero-order chi connectivity index (χ0) is 34.7. The molecule has 0 N–H and O–H groups in total. The topological polar surface area (TPSA) is 51.6 Å². The molecular weight excluding hydrogens is 825 g/mol. The molecule has 0 aliphatic heterocycles. The number of aromatic nitrogens is 4. The summed E-state index contributed by atoms with van der Waals surface area (Å²) in [6.07, 6.45) is 3.75. The molecule has 0 saturated carbocycles. The number of fused-ring (bicyclic) bond motifs is 5. The molecule has 0 spiro atoms. The van der Waals surface area contributed by atoms with E-state index >= 15 is 0 Å². The summed E-state index contributed by atoms with van der Waals surface area (Å²) in [5, 5.41) is 16.0. The van der Waals surface area contributed by atoms with Gasteiger partial charge in [-0.15, -0.1) is 35.9 Å². The van der Waals surface area contributed by atoms with E-state index in [1.807, 2.05) is 67.0 Å². The van der Waals surface area contributed by atoms with Gasteiger partial charge >= 0.3 is 0 Å². The quantitative estimate of drug-likeness (QED) is 0.101. The van der Waals surface area contributed by atoms with Gasteiger partial charge in [0.15, 0.2) is 0 Å². The number of hydrogen-bond donors (Lipinski definition) is 0. The van der Waals surface area contributed by atoms with Crippen LogP contribution in [0.3, 0.4) is 0 Å². The van der Waals surface area contributed by atoms with Crippen molar-refractivity contribution in [3.8, 4) is 44.8 Å². The van der Waals surface area contributed by atoms with Crippen LogP contribution in [0, 0.1) is 6.07 Å². The summed E-state index contributed by atoms with van der Waals surface area (Å²) >= 11 is 0. The van der Waals surface area contributed by atoms with Crippen molar-refractivity contribution in [2.75, 3.05) is 0 Å². The molecule has 253 valence electrons. The number of nitrogens with zero attached hydrogens (tertiary/aromatic N) is 4. The molecule has 0 amide bonds. The second kappa shape index (κ2) is 15.1. The van der Waals surface area contributed by atoms with E-state index in [0.29, 0.717) is 0 Å². The summed E-state index contributed by atoms with van der Waals surface area (Å²) in [7, 11) is 0. The molecule has 0 atom stereocenters. The number of hydrogen-bond acceptors (Lipinski definition) is 4. The Labute approximate surface area is 321 Å². The van der Waals surface area contributed by atoms with Gasteiger partial charge in [0, 0.05) is 59.9 Å². The van der Waals surface area contributed by atoms with Gasteiger partial charge < -0.3 is 0 Å². The Morgan fingerprint density at radius 3 is 1.34 bits per heavy atom. The van der Waals surface area contributed by atoms with Crippen LogP contribution in [0.5, 0.6) is 0 Å². The molecule has 53 heavy (non-hydrogen) atoms. The van der Waals surface area contributed by atoms with Crippen molar-refractivity contribution in [3.05, 3.63) is 194 Å². The third-order valence-electron chi connectivity index (χ3n) is 9.45. The molecule has 0 fully saturated rings. The van der Waals surface area contributed by atoms with Crippen molar-refractivity contribution in [1.82, 2.24) is 20.2 Å². The molecule has 10 aromatic rings. The molecule has 0 aliphatic carbocycles. The van der Waals surface area contributed by atoms with E-state index in [1.165, 1.54) is 33.0 Å². The smallest absolute Gasteiger partial charge is 0.0991 e. The summed E-state index contributed by atoms with van der Waals surface area (Å²) < 4.78 is 0. The summed E-state index contributed by atoms with van der Waals surface area (Å²) in [6.45, 7) is 0. The van der Waals surface area contributed by atoms with Crippen molar-refractivity contribution < 1.29 is 20.1 Å². The summed E-state index contributed by atoms with van der Waals surface area (Å²) in [5.74, 6) is 0. The van der Waals surface area contributed by atoms with E-state index in [1.54, 1.807) is 0 Å². The van der Waals surface area contributed by atoms with Gasteiger partial charge in [0.25, 0.3) is 0 Å². The monoisotopic (exact) mass is 856 g/mol. The van der Waals surface area contributed by atoms with Gasteiger partial charge in [0.05, 0.1) is 16.7 Å². The first kappa shape index (κ1) is 33.7. The zero-order valence-electron chi connectivity index (χ0n) is 28.5. The van der Waals surface area contributed by atoms with Crippen LogP contribution in [0.1, 0.15) is 0 Å². The second-order valence-electron chi connectivity index (χ2n) is 12.6. The zero-order valence-corrected chi connectivity index (χ0v) is 30.9. The van der Waals surface area contributed by atoms with Crippen LogP contribution in [0.25, 0.3) is 88.1 Å². The van der Waals surface area contributed by atoms with Crippen LogP contribution in [-0.4, -0.2) is 20.2 Å². The van der Waals surface area contributed by atoms with E-state index < -0.39 is 0 Å². The largest absolute Gasteiger partial charge is 0.254 e. The minimum atomic E-state index is 0. The van der Waals surface area contributed by atoms with Crippen LogP contribution >= 0.6 is 0 Å². The van der Waals surface area contributed by atoms with E-state index in [9.17, 15) is 0 Å². The predicted octanol–water partition coefficient (Wildman–Crippen LogP) is 12.0. The van der Waals surface area contributed by atoms with Crippen LogP contribution in [0.4, 0.5) is 0 Å². The minimum Gasteiger partial charge on any atom is -0.254 e. The van der Waals surface area contributed by atoms with Crippen LogP contribution in [0.15, 0.2) is 188 Å². The van der Waals surface area contributed by atoms with Gasteiger partial charge in [-0.05, 0) is 56.6 Å². The van der Waals surface area contributed by atoms with Crippen molar-refractivity contribution in [2.24, 2.45) is 0 Å². The number of rotatable bonds is 4. The fourth-order valence-electron chi connectivity index (χ4n) is 6.96. The molecule has 5 heteroatoms. The van der Waals surface area contributed by atoms with Gasteiger partial charge in [-0.2, -0.15) is 10.2 Å². The van der Waals surface area contributed by atoms with E-state index in [0.717, 1.165) is 55.1 Å². The first-order valence-corrected chi connectivity index (χ1v) is 17.3. The minimum absolute atomic E-state index is 0. The Hall–Kier alpha value is -6.39. The normalized spacial score (nSPS) is 10.9. The summed E-state index contributed by atoms with van der Waals surface area (Å²) in [4.78, 5) is 9.34. The summed E-state index contributed by atoms with van der Waals surface area (Å²) in [6, 6.07) is 63.6. The fourth-order valence-corrected chi connectivity index (χ4v) is 6.96. The average Bonchev–Trinajstić information content (AvgIpc) is 3.23. The van der Waals surface area contributed by atoms with E-state index in [-0.39, 0.29) is 20.1 Å². The van der Waals surface area contributed by atoms with Crippen molar-refractivity contribution in [1.29, 1.82) is 0 Å². The van der Waals surface area contributed by atoms with Gasteiger partial charge in [-0.3, -0.25) is 9.97 Å². The van der Waals surface area contributed by atoms with Gasteiger partial charge in [0.1, 0.15) is 0 Å². The van der Waals surface area contributed by atoms with E-state index in [2.05, 4.69) is 148 Å². The average molecular weight is 856 g/mol. The molecule has 0 aliphatic rings. The maximum Gasteiger partial charge on any atom is 0.0991 e. The van der Waals surface area contributed by atoms with Crippen molar-refractivity contribution in [3.63, 3.8) is 0 Å². The Balaban J connectivity index is 0.000000148. The standard InChI is InChI=1S/C24H15N2.C24H16N2.Ir/c1-3-9-17(10-4-1)23-21-15-19-13-7-8-14-20(19)16-22(21)24(26-25-23)18-11-5-2-6-12-18;1-3-7-17(8-4-1)19-13-15-25-23-21(19)11-12-22-20(14-16-26-24(22)23)18-9-5-2-6-10-18;/h1-11,13-16H;1-16H;/q-1;;. The number of pyridine rings is 2. The maximum atomic E-state index is 4.67. The van der Waals surface area contributed by atoms with Crippen molar-refractivity contribution in [2.45, 2.75) is 0 Å². The third kappa shape index (κ3) is 6.60. The molecule has 10 rings (SSSR count).